The van der Waals surface area contributed by atoms with Crippen LogP contribution in [0.15, 0.2) is 36.5 Å². The van der Waals surface area contributed by atoms with Gasteiger partial charge in [-0.1, -0.05) is 6.07 Å². The molecule has 0 spiro atoms. The van der Waals surface area contributed by atoms with Gasteiger partial charge >= 0.3 is 0 Å². The minimum absolute atomic E-state index is 0.0816. The molecule has 1 atom stereocenters. The highest BCUT2D eigenvalue weighted by Gasteiger charge is 2.06. The number of likely N-dealkylation sites (N-methyl/N-ethyl adjacent to an activating group) is 1. The van der Waals surface area contributed by atoms with Gasteiger partial charge in [0, 0.05) is 17.6 Å². The summed E-state index contributed by atoms with van der Waals surface area (Å²) in [6.07, 6.45) is 2.54. The van der Waals surface area contributed by atoms with E-state index in [0.29, 0.717) is 6.61 Å². The predicted octanol–water partition coefficient (Wildman–Crippen LogP) is 1.58. The van der Waals surface area contributed by atoms with Gasteiger partial charge in [-0.3, -0.25) is 4.98 Å². The zero-order valence-electron chi connectivity index (χ0n) is 10.5. The normalized spacial score (nSPS) is 12.6. The third-order valence-corrected chi connectivity index (χ3v) is 2.96. The fourth-order valence-electron chi connectivity index (χ4n) is 1.84. The van der Waals surface area contributed by atoms with Crippen LogP contribution in [0.4, 0.5) is 0 Å². The minimum atomic E-state index is 0.0816. The maximum Gasteiger partial charge on any atom is 0.128 e. The molecule has 0 saturated heterocycles. The number of nitrogens with one attached hydrogen (secondary N) is 1. The number of ether oxygens (including phenoxy) is 1. The average Bonchev–Trinajstić information content (AvgIpc) is 2.44. The van der Waals surface area contributed by atoms with Crippen molar-refractivity contribution in [2.45, 2.75) is 12.5 Å². The average molecular weight is 246 g/mol. The first-order valence-corrected chi connectivity index (χ1v) is 6.10. The number of hydrogen-bond donors (Lipinski definition) is 2. The Morgan fingerprint density at radius 1 is 1.33 bits per heavy atom. The van der Waals surface area contributed by atoms with Crippen LogP contribution in [0.25, 0.3) is 10.9 Å². The van der Waals surface area contributed by atoms with E-state index in [1.54, 1.807) is 6.20 Å². The van der Waals surface area contributed by atoms with Crippen molar-refractivity contribution in [1.82, 2.24) is 10.3 Å². The molecular formula is C14H18N2O2. The summed E-state index contributed by atoms with van der Waals surface area (Å²) in [5.74, 6) is 0.841. The molecule has 18 heavy (non-hydrogen) atoms. The van der Waals surface area contributed by atoms with E-state index < -0.39 is 0 Å². The van der Waals surface area contributed by atoms with Crippen LogP contribution in [0.5, 0.6) is 5.75 Å². The van der Waals surface area contributed by atoms with Gasteiger partial charge in [-0.25, -0.2) is 0 Å². The summed E-state index contributed by atoms with van der Waals surface area (Å²) in [6.45, 7) is 0.691. The van der Waals surface area contributed by atoms with Crippen LogP contribution in [0.2, 0.25) is 0 Å². The molecule has 0 amide bonds. The third-order valence-electron chi connectivity index (χ3n) is 2.96. The Hall–Kier alpha value is -1.65. The summed E-state index contributed by atoms with van der Waals surface area (Å²) in [6, 6.07) is 9.83. The molecule has 0 aliphatic rings. The molecular weight excluding hydrogens is 228 g/mol. The lowest BCUT2D eigenvalue weighted by atomic mass is 10.2. The standard InChI is InChI=1S/C14H18N2O2/c1-15-11(10-17)7-9-18-14-6-2-5-13-12(14)4-3-8-16-13/h2-6,8,11,15,17H,7,9-10H2,1H3. The minimum Gasteiger partial charge on any atom is -0.493 e. The quantitative estimate of drug-likeness (QED) is 0.812. The van der Waals surface area contributed by atoms with Gasteiger partial charge in [0.15, 0.2) is 0 Å². The third kappa shape index (κ3) is 2.97. The highest BCUT2D eigenvalue weighted by atomic mass is 16.5. The summed E-state index contributed by atoms with van der Waals surface area (Å²) >= 11 is 0. The van der Waals surface area contributed by atoms with Crippen LogP contribution in [-0.4, -0.2) is 36.4 Å². The van der Waals surface area contributed by atoms with Crippen molar-refractivity contribution in [3.63, 3.8) is 0 Å². The van der Waals surface area contributed by atoms with Gasteiger partial charge < -0.3 is 15.2 Å². The van der Waals surface area contributed by atoms with E-state index in [1.165, 1.54) is 0 Å². The van der Waals surface area contributed by atoms with E-state index in [2.05, 4.69) is 10.3 Å². The second kappa shape index (κ2) is 6.33. The van der Waals surface area contributed by atoms with E-state index in [9.17, 15) is 0 Å². The molecule has 4 heteroatoms. The van der Waals surface area contributed by atoms with E-state index in [1.807, 2.05) is 37.4 Å². The van der Waals surface area contributed by atoms with Crippen LogP contribution < -0.4 is 10.1 Å². The van der Waals surface area contributed by atoms with Gasteiger partial charge in [0.25, 0.3) is 0 Å². The van der Waals surface area contributed by atoms with Crippen molar-refractivity contribution in [3.8, 4) is 5.75 Å². The van der Waals surface area contributed by atoms with E-state index >= 15 is 0 Å². The van der Waals surface area contributed by atoms with Crippen LogP contribution in [0.3, 0.4) is 0 Å². The van der Waals surface area contributed by atoms with Crippen LogP contribution in [0, 0.1) is 0 Å². The Morgan fingerprint density at radius 3 is 3.00 bits per heavy atom. The Labute approximate surface area is 107 Å². The molecule has 1 aromatic heterocycles. The molecule has 0 aliphatic heterocycles. The first-order valence-electron chi connectivity index (χ1n) is 6.10. The molecule has 2 aromatic rings. The Kier molecular flexibility index (Phi) is 4.50. The van der Waals surface area contributed by atoms with Crippen molar-refractivity contribution in [2.24, 2.45) is 0 Å². The number of benzene rings is 1. The topological polar surface area (TPSA) is 54.4 Å². The van der Waals surface area contributed by atoms with Gasteiger partial charge in [0.2, 0.25) is 0 Å². The number of hydrogen-bond acceptors (Lipinski definition) is 4. The largest absolute Gasteiger partial charge is 0.493 e. The fourth-order valence-corrected chi connectivity index (χ4v) is 1.84. The van der Waals surface area contributed by atoms with Crippen molar-refractivity contribution in [1.29, 1.82) is 0 Å². The molecule has 4 nitrogen and oxygen atoms in total. The predicted molar refractivity (Wildman–Crippen MR) is 71.8 cm³/mol. The molecule has 96 valence electrons. The van der Waals surface area contributed by atoms with Gasteiger partial charge in [-0.15, -0.1) is 0 Å². The second-order valence-electron chi connectivity index (χ2n) is 4.13. The number of aromatic nitrogens is 1. The molecule has 0 radical (unpaired) electrons. The monoisotopic (exact) mass is 246 g/mol. The van der Waals surface area contributed by atoms with Crippen molar-refractivity contribution < 1.29 is 9.84 Å². The lowest BCUT2D eigenvalue weighted by molar-refractivity contribution is 0.215. The van der Waals surface area contributed by atoms with Crippen LogP contribution in [0.1, 0.15) is 6.42 Å². The van der Waals surface area contributed by atoms with E-state index in [4.69, 9.17) is 9.84 Å². The Bertz CT molecular complexity index is 493. The number of pyridine rings is 1. The smallest absolute Gasteiger partial charge is 0.128 e. The Morgan fingerprint density at radius 2 is 2.22 bits per heavy atom. The van der Waals surface area contributed by atoms with Crippen molar-refractivity contribution >= 4 is 10.9 Å². The molecule has 1 aromatic carbocycles. The fraction of sp³-hybridized carbons (Fsp3) is 0.357. The molecule has 0 fully saturated rings. The first kappa shape index (κ1) is 12.8. The summed E-state index contributed by atoms with van der Waals surface area (Å²) in [7, 11) is 1.84. The van der Waals surface area contributed by atoms with E-state index in [-0.39, 0.29) is 12.6 Å². The summed E-state index contributed by atoms with van der Waals surface area (Å²) in [4.78, 5) is 4.29. The molecule has 2 rings (SSSR count). The molecule has 0 saturated carbocycles. The van der Waals surface area contributed by atoms with Crippen LogP contribution >= 0.6 is 0 Å². The van der Waals surface area contributed by atoms with Gasteiger partial charge in [0.05, 0.1) is 18.7 Å². The maximum atomic E-state index is 9.07. The number of rotatable bonds is 6. The number of aliphatic hydroxyl groups is 1. The molecule has 0 aliphatic carbocycles. The first-order chi connectivity index (χ1) is 8.85. The SMILES string of the molecule is CNC(CO)CCOc1cccc2ncccc12. The van der Waals surface area contributed by atoms with Gasteiger partial charge in [-0.05, 0) is 37.7 Å². The summed E-state index contributed by atoms with van der Waals surface area (Å²) < 4.78 is 5.76. The van der Waals surface area contributed by atoms with Gasteiger partial charge in [0.1, 0.15) is 5.75 Å². The molecule has 0 bridgehead atoms. The molecule has 1 unspecified atom stereocenters. The number of aliphatic hydroxyl groups excluding tert-OH is 1. The Balaban J connectivity index is 2.03. The molecule has 2 N–H and O–H groups in total. The zero-order chi connectivity index (χ0) is 12.8. The lowest BCUT2D eigenvalue weighted by Crippen LogP contribution is -2.30. The number of fused-ring (bicyclic) bond motifs is 1. The maximum absolute atomic E-state index is 9.07. The van der Waals surface area contributed by atoms with Crippen LogP contribution in [-0.2, 0) is 0 Å². The van der Waals surface area contributed by atoms with E-state index in [0.717, 1.165) is 23.1 Å². The number of nitrogens with zero attached hydrogens (tertiary/aromatic N) is 1. The zero-order valence-corrected chi connectivity index (χ0v) is 10.5. The highest BCUT2D eigenvalue weighted by Crippen LogP contribution is 2.23. The second-order valence-corrected chi connectivity index (χ2v) is 4.13. The summed E-state index contributed by atoms with van der Waals surface area (Å²) in [5, 5.41) is 13.1. The molecule has 1 heterocycles. The van der Waals surface area contributed by atoms with Crippen molar-refractivity contribution in [3.05, 3.63) is 36.5 Å². The highest BCUT2D eigenvalue weighted by molar-refractivity contribution is 5.84. The van der Waals surface area contributed by atoms with Crippen molar-refractivity contribution in [2.75, 3.05) is 20.3 Å². The summed E-state index contributed by atoms with van der Waals surface area (Å²) in [5.41, 5.74) is 0.933. The van der Waals surface area contributed by atoms with Gasteiger partial charge in [-0.2, -0.15) is 0 Å². The lowest BCUT2D eigenvalue weighted by Gasteiger charge is -2.14.